The first-order chi connectivity index (χ1) is 11.0. The number of nitrogens with zero attached hydrogens (tertiary/aromatic N) is 4. The topological polar surface area (TPSA) is 72.2 Å². The molecule has 0 saturated heterocycles. The summed E-state index contributed by atoms with van der Waals surface area (Å²) in [5, 5.41) is 16.6. The Kier molecular flexibility index (Phi) is 4.49. The number of rotatable bonds is 4. The number of halogens is 1. The zero-order valence-corrected chi connectivity index (χ0v) is 14.1. The van der Waals surface area contributed by atoms with Crippen molar-refractivity contribution in [2.45, 2.75) is 19.0 Å². The predicted molar refractivity (Wildman–Crippen MR) is 91.1 cm³/mol. The summed E-state index contributed by atoms with van der Waals surface area (Å²) >= 11 is 7.18. The molecule has 0 aliphatic heterocycles. The monoisotopic (exact) mass is 347 g/mol. The molecule has 0 fully saturated rings. The summed E-state index contributed by atoms with van der Waals surface area (Å²) in [6.45, 7) is 3.87. The number of anilines is 1. The lowest BCUT2D eigenvalue weighted by Gasteiger charge is -2.05. The zero-order chi connectivity index (χ0) is 16.4. The van der Waals surface area contributed by atoms with E-state index in [2.05, 4.69) is 20.6 Å². The molecular formula is C15H14ClN5OS. The second-order valence-electron chi connectivity index (χ2n) is 5.03. The summed E-state index contributed by atoms with van der Waals surface area (Å²) in [6, 6.07) is 8.97. The summed E-state index contributed by atoms with van der Waals surface area (Å²) in [5.41, 5.74) is 3.24. The Hall–Kier alpha value is -2.12. The van der Waals surface area contributed by atoms with Crippen LogP contribution in [0.3, 0.4) is 0 Å². The van der Waals surface area contributed by atoms with Crippen molar-refractivity contribution in [3.8, 4) is 0 Å². The van der Waals surface area contributed by atoms with Gasteiger partial charge in [0.05, 0.1) is 11.4 Å². The van der Waals surface area contributed by atoms with Crippen LogP contribution >= 0.6 is 23.4 Å². The number of aromatic nitrogens is 4. The molecule has 1 amide bonds. The Balaban J connectivity index is 1.70. The number of aryl methyl sites for hydroxylation is 2. The van der Waals surface area contributed by atoms with Crippen LogP contribution in [0.15, 0.2) is 35.5 Å². The van der Waals surface area contributed by atoms with Gasteiger partial charge in [0.15, 0.2) is 5.65 Å². The average molecular weight is 348 g/mol. The summed E-state index contributed by atoms with van der Waals surface area (Å²) in [4.78, 5) is 12.0. The first-order valence-electron chi connectivity index (χ1n) is 6.91. The molecule has 0 saturated carbocycles. The lowest BCUT2D eigenvalue weighted by molar-refractivity contribution is -0.113. The van der Waals surface area contributed by atoms with E-state index < -0.39 is 0 Å². The third-order valence-electron chi connectivity index (χ3n) is 3.09. The van der Waals surface area contributed by atoms with Gasteiger partial charge in [-0.2, -0.15) is 9.61 Å². The molecule has 1 aromatic carbocycles. The molecule has 0 unspecified atom stereocenters. The molecule has 2 aromatic heterocycles. The molecule has 1 N–H and O–H groups in total. The highest BCUT2D eigenvalue weighted by molar-refractivity contribution is 7.99. The second kappa shape index (κ2) is 6.55. The van der Waals surface area contributed by atoms with Crippen LogP contribution in [-0.2, 0) is 4.79 Å². The Labute approximate surface area is 142 Å². The number of benzene rings is 1. The Morgan fingerprint density at radius 2 is 2.13 bits per heavy atom. The maximum Gasteiger partial charge on any atom is 0.234 e. The molecular weight excluding hydrogens is 334 g/mol. The van der Waals surface area contributed by atoms with Crippen molar-refractivity contribution in [1.82, 2.24) is 19.8 Å². The number of carbonyl (C=O) groups excluding carboxylic acids is 1. The minimum absolute atomic E-state index is 0.140. The molecule has 118 valence electrons. The molecule has 3 aromatic rings. The SMILES string of the molecule is Cc1cc(C)c2nnc(SCC(=O)Nc3cccc(Cl)c3)n2n1. The van der Waals surface area contributed by atoms with Crippen molar-refractivity contribution in [3.05, 3.63) is 46.6 Å². The predicted octanol–water partition coefficient (Wildman–Crippen LogP) is 3.13. The maximum atomic E-state index is 12.0. The first-order valence-corrected chi connectivity index (χ1v) is 8.27. The second-order valence-corrected chi connectivity index (χ2v) is 6.41. The van der Waals surface area contributed by atoms with Gasteiger partial charge in [0.2, 0.25) is 11.1 Å². The minimum atomic E-state index is -0.140. The van der Waals surface area contributed by atoms with Gasteiger partial charge in [0, 0.05) is 10.7 Å². The average Bonchev–Trinajstić information content (AvgIpc) is 2.88. The molecule has 0 radical (unpaired) electrons. The Bertz CT molecular complexity index is 879. The number of hydrogen-bond donors (Lipinski definition) is 1. The van der Waals surface area contributed by atoms with Gasteiger partial charge in [-0.1, -0.05) is 29.4 Å². The van der Waals surface area contributed by atoms with Gasteiger partial charge in [-0.05, 0) is 43.7 Å². The highest BCUT2D eigenvalue weighted by Crippen LogP contribution is 2.19. The van der Waals surface area contributed by atoms with E-state index in [9.17, 15) is 4.79 Å². The molecule has 0 bridgehead atoms. The fourth-order valence-corrected chi connectivity index (χ4v) is 3.02. The van der Waals surface area contributed by atoms with Gasteiger partial charge in [0.1, 0.15) is 0 Å². The quantitative estimate of drug-likeness (QED) is 0.734. The lowest BCUT2D eigenvalue weighted by Crippen LogP contribution is -2.14. The van der Waals surface area contributed by atoms with E-state index >= 15 is 0 Å². The number of thioether (sulfide) groups is 1. The van der Waals surface area contributed by atoms with Crippen LogP contribution in [0.25, 0.3) is 5.65 Å². The molecule has 2 heterocycles. The molecule has 0 atom stereocenters. The summed E-state index contributed by atoms with van der Waals surface area (Å²) in [7, 11) is 0. The fourth-order valence-electron chi connectivity index (χ4n) is 2.15. The van der Waals surface area contributed by atoms with E-state index in [0.717, 1.165) is 11.3 Å². The third kappa shape index (κ3) is 3.62. The standard InChI is InChI=1S/C15H14ClN5OS/c1-9-6-10(2)20-21-14(9)18-19-15(21)23-8-13(22)17-12-5-3-4-11(16)7-12/h3-7H,8H2,1-2H3,(H,17,22). The first kappa shape index (κ1) is 15.8. The molecule has 8 heteroatoms. The highest BCUT2D eigenvalue weighted by atomic mass is 35.5. The lowest BCUT2D eigenvalue weighted by atomic mass is 10.3. The van der Waals surface area contributed by atoms with E-state index in [0.29, 0.717) is 21.5 Å². The Morgan fingerprint density at radius 3 is 2.91 bits per heavy atom. The van der Waals surface area contributed by atoms with Crippen molar-refractivity contribution in [2.24, 2.45) is 0 Å². The van der Waals surface area contributed by atoms with Crippen LogP contribution in [-0.4, -0.2) is 31.5 Å². The zero-order valence-electron chi connectivity index (χ0n) is 12.6. The Morgan fingerprint density at radius 1 is 1.30 bits per heavy atom. The van der Waals surface area contributed by atoms with Crippen LogP contribution in [0.1, 0.15) is 11.3 Å². The van der Waals surface area contributed by atoms with Crippen molar-refractivity contribution in [3.63, 3.8) is 0 Å². The van der Waals surface area contributed by atoms with E-state index in [1.54, 1.807) is 28.8 Å². The molecule has 0 aliphatic carbocycles. The maximum absolute atomic E-state index is 12.0. The number of carbonyl (C=O) groups is 1. The highest BCUT2D eigenvalue weighted by Gasteiger charge is 2.12. The van der Waals surface area contributed by atoms with Crippen molar-refractivity contribution < 1.29 is 4.79 Å². The van der Waals surface area contributed by atoms with Crippen molar-refractivity contribution in [2.75, 3.05) is 11.1 Å². The van der Waals surface area contributed by atoms with Crippen molar-refractivity contribution in [1.29, 1.82) is 0 Å². The van der Waals surface area contributed by atoms with Crippen LogP contribution in [0, 0.1) is 13.8 Å². The third-order valence-corrected chi connectivity index (χ3v) is 4.24. The van der Waals surface area contributed by atoms with Crippen LogP contribution < -0.4 is 5.32 Å². The van der Waals surface area contributed by atoms with Crippen LogP contribution in [0.5, 0.6) is 0 Å². The normalized spacial score (nSPS) is 10.9. The van der Waals surface area contributed by atoms with E-state index in [1.165, 1.54) is 11.8 Å². The van der Waals surface area contributed by atoms with Crippen LogP contribution in [0.4, 0.5) is 5.69 Å². The molecule has 0 aliphatic rings. The van der Waals surface area contributed by atoms with E-state index in [4.69, 9.17) is 11.6 Å². The number of amides is 1. The molecule has 23 heavy (non-hydrogen) atoms. The number of hydrogen-bond acceptors (Lipinski definition) is 5. The minimum Gasteiger partial charge on any atom is -0.325 e. The number of fused-ring (bicyclic) bond motifs is 1. The van der Waals surface area contributed by atoms with Crippen LogP contribution in [0.2, 0.25) is 5.02 Å². The van der Waals surface area contributed by atoms with Gasteiger partial charge >= 0.3 is 0 Å². The largest absolute Gasteiger partial charge is 0.325 e. The van der Waals surface area contributed by atoms with Gasteiger partial charge in [-0.3, -0.25) is 4.79 Å². The van der Waals surface area contributed by atoms with Gasteiger partial charge < -0.3 is 5.32 Å². The van der Waals surface area contributed by atoms with Crippen molar-refractivity contribution >= 4 is 40.6 Å². The number of nitrogens with one attached hydrogen (secondary N) is 1. The molecule has 0 spiro atoms. The van der Waals surface area contributed by atoms with E-state index in [1.807, 2.05) is 19.9 Å². The summed E-state index contributed by atoms with van der Waals surface area (Å²) < 4.78 is 1.67. The summed E-state index contributed by atoms with van der Waals surface area (Å²) in [5.74, 6) is 0.0699. The fraction of sp³-hybridized carbons (Fsp3) is 0.200. The molecule has 6 nitrogen and oxygen atoms in total. The summed E-state index contributed by atoms with van der Waals surface area (Å²) in [6.07, 6.45) is 0. The van der Waals surface area contributed by atoms with Gasteiger partial charge in [0.25, 0.3) is 0 Å². The molecule has 3 rings (SSSR count). The van der Waals surface area contributed by atoms with E-state index in [-0.39, 0.29) is 11.7 Å². The van der Waals surface area contributed by atoms with Gasteiger partial charge in [-0.25, -0.2) is 0 Å². The van der Waals surface area contributed by atoms with Gasteiger partial charge in [-0.15, -0.1) is 10.2 Å². The smallest absolute Gasteiger partial charge is 0.234 e.